The molecular weight excluding hydrogens is 254 g/mol. The Balaban J connectivity index is 2.55. The van der Waals surface area contributed by atoms with Crippen LogP contribution in [0.15, 0.2) is 36.4 Å². The second-order valence-electron chi connectivity index (χ2n) is 5.64. The molecular formula is C20H27N. The molecule has 0 unspecified atom stereocenters. The molecule has 0 saturated carbocycles. The third kappa shape index (κ3) is 3.74. The fourth-order valence-electron chi connectivity index (χ4n) is 2.76. The number of benzene rings is 2. The Hall–Kier alpha value is -1.60. The zero-order valence-electron chi connectivity index (χ0n) is 13.8. The summed E-state index contributed by atoms with van der Waals surface area (Å²) in [4.78, 5) is 0. The van der Waals surface area contributed by atoms with Crippen LogP contribution in [-0.2, 0) is 19.4 Å². The topological polar surface area (TPSA) is 12.0 Å². The number of hydrogen-bond donors (Lipinski definition) is 1. The number of hydrogen-bond acceptors (Lipinski definition) is 1. The first kappa shape index (κ1) is 15.8. The summed E-state index contributed by atoms with van der Waals surface area (Å²) in [7, 11) is 0. The molecule has 0 bridgehead atoms. The molecule has 0 atom stereocenters. The maximum Gasteiger partial charge on any atom is 0.0211 e. The van der Waals surface area contributed by atoms with Crippen molar-refractivity contribution in [1.82, 2.24) is 5.32 Å². The molecule has 0 saturated heterocycles. The summed E-state index contributed by atoms with van der Waals surface area (Å²) in [5.74, 6) is 0. The van der Waals surface area contributed by atoms with Gasteiger partial charge in [-0.2, -0.15) is 0 Å². The molecule has 1 nitrogen and oxygen atoms in total. The third-order valence-electron chi connectivity index (χ3n) is 4.08. The molecule has 0 aliphatic heterocycles. The Bertz CT molecular complexity index is 599. The van der Waals surface area contributed by atoms with Crippen molar-refractivity contribution in [2.75, 3.05) is 6.54 Å². The summed E-state index contributed by atoms with van der Waals surface area (Å²) in [6.07, 6.45) is 2.17. The number of aryl methyl sites for hydroxylation is 3. The Labute approximate surface area is 129 Å². The van der Waals surface area contributed by atoms with Gasteiger partial charge in [0, 0.05) is 6.54 Å². The maximum atomic E-state index is 3.46. The van der Waals surface area contributed by atoms with E-state index in [1.165, 1.54) is 33.4 Å². The molecule has 0 spiro atoms. The van der Waals surface area contributed by atoms with Crippen molar-refractivity contribution in [3.8, 4) is 11.1 Å². The van der Waals surface area contributed by atoms with Gasteiger partial charge >= 0.3 is 0 Å². The number of nitrogens with one attached hydrogen (secondary N) is 1. The molecule has 0 amide bonds. The van der Waals surface area contributed by atoms with Crippen LogP contribution in [0.4, 0.5) is 0 Å². The molecule has 1 N–H and O–H groups in total. The predicted molar refractivity (Wildman–Crippen MR) is 92.8 cm³/mol. The Morgan fingerprint density at radius 3 is 2.19 bits per heavy atom. The standard InChI is InChI=1S/C20H27N/c1-5-16-9-11-17(6-2)20(13-16)19-12-15(4)8-10-18(19)14-21-7-3/h8-13,21H,5-7,14H2,1-4H3. The monoisotopic (exact) mass is 281 g/mol. The third-order valence-corrected chi connectivity index (χ3v) is 4.08. The molecule has 21 heavy (non-hydrogen) atoms. The van der Waals surface area contributed by atoms with Crippen molar-refractivity contribution in [1.29, 1.82) is 0 Å². The lowest BCUT2D eigenvalue weighted by Gasteiger charge is -2.16. The fraction of sp³-hybridized carbons (Fsp3) is 0.400. The van der Waals surface area contributed by atoms with Crippen LogP contribution in [0.5, 0.6) is 0 Å². The molecule has 2 aromatic rings. The van der Waals surface area contributed by atoms with Gasteiger partial charge in [0.2, 0.25) is 0 Å². The van der Waals surface area contributed by atoms with E-state index in [1.807, 2.05) is 0 Å². The lowest BCUT2D eigenvalue weighted by atomic mass is 9.91. The van der Waals surface area contributed by atoms with Crippen LogP contribution in [-0.4, -0.2) is 6.54 Å². The van der Waals surface area contributed by atoms with E-state index >= 15 is 0 Å². The summed E-state index contributed by atoms with van der Waals surface area (Å²) in [6, 6.07) is 13.8. The van der Waals surface area contributed by atoms with Crippen LogP contribution in [0.25, 0.3) is 11.1 Å². The van der Waals surface area contributed by atoms with E-state index in [2.05, 4.69) is 69.4 Å². The largest absolute Gasteiger partial charge is 0.313 e. The van der Waals surface area contributed by atoms with Crippen molar-refractivity contribution in [2.45, 2.75) is 47.1 Å². The number of rotatable bonds is 6. The minimum atomic E-state index is 0.936. The molecule has 0 aromatic heterocycles. The minimum absolute atomic E-state index is 0.936. The van der Waals surface area contributed by atoms with Crippen LogP contribution in [0.3, 0.4) is 0 Å². The first-order valence-corrected chi connectivity index (χ1v) is 8.12. The normalized spacial score (nSPS) is 10.9. The van der Waals surface area contributed by atoms with Gasteiger partial charge in [0.05, 0.1) is 0 Å². The molecule has 2 aromatic carbocycles. The highest BCUT2D eigenvalue weighted by molar-refractivity contribution is 5.72. The molecule has 0 fully saturated rings. The van der Waals surface area contributed by atoms with Crippen LogP contribution in [0.1, 0.15) is 43.0 Å². The van der Waals surface area contributed by atoms with E-state index in [9.17, 15) is 0 Å². The Morgan fingerprint density at radius 1 is 0.810 bits per heavy atom. The molecule has 0 aliphatic rings. The van der Waals surface area contributed by atoms with Gasteiger partial charge in [-0.25, -0.2) is 0 Å². The second kappa shape index (κ2) is 7.42. The summed E-state index contributed by atoms with van der Waals surface area (Å²) >= 11 is 0. The van der Waals surface area contributed by atoms with Crippen molar-refractivity contribution in [3.05, 3.63) is 58.7 Å². The summed E-state index contributed by atoms with van der Waals surface area (Å²) in [5, 5.41) is 3.46. The van der Waals surface area contributed by atoms with Gasteiger partial charge in [-0.15, -0.1) is 0 Å². The quantitative estimate of drug-likeness (QED) is 0.794. The highest BCUT2D eigenvalue weighted by Gasteiger charge is 2.10. The van der Waals surface area contributed by atoms with Crippen LogP contribution < -0.4 is 5.32 Å². The first-order valence-electron chi connectivity index (χ1n) is 8.12. The van der Waals surface area contributed by atoms with Gasteiger partial charge in [0.25, 0.3) is 0 Å². The second-order valence-corrected chi connectivity index (χ2v) is 5.64. The van der Waals surface area contributed by atoms with Gasteiger partial charge < -0.3 is 5.32 Å². The molecule has 1 heteroatoms. The highest BCUT2D eigenvalue weighted by Crippen LogP contribution is 2.30. The van der Waals surface area contributed by atoms with Gasteiger partial charge in [0.1, 0.15) is 0 Å². The fourth-order valence-corrected chi connectivity index (χ4v) is 2.76. The zero-order valence-corrected chi connectivity index (χ0v) is 13.8. The molecule has 2 rings (SSSR count). The smallest absolute Gasteiger partial charge is 0.0211 e. The summed E-state index contributed by atoms with van der Waals surface area (Å²) in [5.41, 5.74) is 8.38. The summed E-state index contributed by atoms with van der Waals surface area (Å²) in [6.45, 7) is 10.7. The average molecular weight is 281 g/mol. The Kier molecular flexibility index (Phi) is 5.58. The lowest BCUT2D eigenvalue weighted by Crippen LogP contribution is -2.12. The van der Waals surface area contributed by atoms with E-state index in [1.54, 1.807) is 0 Å². The van der Waals surface area contributed by atoms with Gasteiger partial charge in [-0.05, 0) is 54.1 Å². The van der Waals surface area contributed by atoms with Crippen LogP contribution in [0.2, 0.25) is 0 Å². The van der Waals surface area contributed by atoms with E-state index in [-0.39, 0.29) is 0 Å². The van der Waals surface area contributed by atoms with Crippen molar-refractivity contribution >= 4 is 0 Å². The summed E-state index contributed by atoms with van der Waals surface area (Å²) < 4.78 is 0. The molecule has 0 heterocycles. The molecule has 0 aliphatic carbocycles. The highest BCUT2D eigenvalue weighted by atomic mass is 14.8. The van der Waals surface area contributed by atoms with Crippen molar-refractivity contribution < 1.29 is 0 Å². The average Bonchev–Trinajstić information content (AvgIpc) is 2.53. The van der Waals surface area contributed by atoms with Crippen LogP contribution >= 0.6 is 0 Å². The van der Waals surface area contributed by atoms with Gasteiger partial charge in [-0.1, -0.05) is 62.7 Å². The Morgan fingerprint density at radius 2 is 1.52 bits per heavy atom. The van der Waals surface area contributed by atoms with E-state index in [0.29, 0.717) is 0 Å². The van der Waals surface area contributed by atoms with E-state index < -0.39 is 0 Å². The first-order chi connectivity index (χ1) is 10.2. The van der Waals surface area contributed by atoms with E-state index in [4.69, 9.17) is 0 Å². The van der Waals surface area contributed by atoms with E-state index in [0.717, 1.165) is 25.9 Å². The maximum absolute atomic E-state index is 3.46. The van der Waals surface area contributed by atoms with Gasteiger partial charge in [-0.3, -0.25) is 0 Å². The molecule has 112 valence electrons. The van der Waals surface area contributed by atoms with Crippen molar-refractivity contribution in [3.63, 3.8) is 0 Å². The molecule has 0 radical (unpaired) electrons. The minimum Gasteiger partial charge on any atom is -0.313 e. The SMILES string of the molecule is CCNCc1ccc(C)cc1-c1cc(CC)ccc1CC. The van der Waals surface area contributed by atoms with Crippen molar-refractivity contribution in [2.24, 2.45) is 0 Å². The van der Waals surface area contributed by atoms with Gasteiger partial charge in [0.15, 0.2) is 0 Å². The lowest BCUT2D eigenvalue weighted by molar-refractivity contribution is 0.727. The predicted octanol–water partition coefficient (Wildman–Crippen LogP) is 4.90. The zero-order chi connectivity index (χ0) is 15.2. The van der Waals surface area contributed by atoms with Crippen LogP contribution in [0, 0.1) is 6.92 Å².